The molecule has 0 aliphatic rings. The van der Waals surface area contributed by atoms with Crippen LogP contribution in [0.5, 0.6) is 0 Å². The molecule has 0 heterocycles. The number of rotatable bonds is 2. The first-order chi connectivity index (χ1) is 4.27. The third-order valence-corrected chi connectivity index (χ3v) is 0.496. The number of allylic oxidation sites excluding steroid dienone is 2. The van der Waals surface area contributed by atoms with Gasteiger partial charge in [0.1, 0.15) is 0 Å². The van der Waals surface area contributed by atoms with E-state index in [-0.39, 0.29) is 0 Å². The second kappa shape index (κ2) is 10.3. The zero-order valence-electron chi connectivity index (χ0n) is 6.86. The molecule has 1 nitrogen and oxygen atoms in total. The monoisotopic (exact) mass is 127 g/mol. The van der Waals surface area contributed by atoms with Crippen LogP contribution in [-0.4, -0.2) is 0 Å². The summed E-state index contributed by atoms with van der Waals surface area (Å²) < 4.78 is 0. The second-order valence-electron chi connectivity index (χ2n) is 1.42. The highest BCUT2D eigenvalue weighted by atomic mass is 14.8. The summed E-state index contributed by atoms with van der Waals surface area (Å²) in [5.74, 6) is 0. The number of hydrogen-bond donors (Lipinski definition) is 1. The molecule has 54 valence electrons. The van der Waals surface area contributed by atoms with E-state index >= 15 is 0 Å². The van der Waals surface area contributed by atoms with Crippen molar-refractivity contribution in [3.05, 3.63) is 24.6 Å². The van der Waals surface area contributed by atoms with Gasteiger partial charge in [-0.05, 0) is 20.0 Å². The first-order valence-electron chi connectivity index (χ1n) is 3.30. The fourth-order valence-corrected chi connectivity index (χ4v) is 0.226. The van der Waals surface area contributed by atoms with Gasteiger partial charge in [0.25, 0.3) is 0 Å². The summed E-state index contributed by atoms with van der Waals surface area (Å²) in [4.78, 5) is 0. The molecule has 0 spiro atoms. The molecule has 0 radical (unpaired) electrons. The highest BCUT2D eigenvalue weighted by Crippen LogP contribution is 1.75. The van der Waals surface area contributed by atoms with Crippen LogP contribution in [0.2, 0.25) is 0 Å². The molecule has 0 aromatic carbocycles. The molecule has 0 amide bonds. The Morgan fingerprint density at radius 3 is 2.00 bits per heavy atom. The van der Waals surface area contributed by atoms with Crippen LogP contribution in [0.4, 0.5) is 0 Å². The van der Waals surface area contributed by atoms with E-state index in [0.29, 0.717) is 0 Å². The van der Waals surface area contributed by atoms with Crippen LogP contribution in [-0.2, 0) is 0 Å². The van der Waals surface area contributed by atoms with Crippen molar-refractivity contribution < 1.29 is 0 Å². The van der Waals surface area contributed by atoms with Crippen LogP contribution in [0.25, 0.3) is 0 Å². The summed E-state index contributed by atoms with van der Waals surface area (Å²) in [5, 5.41) is 2.92. The summed E-state index contributed by atoms with van der Waals surface area (Å²) >= 11 is 0. The molecular formula is C8H17N. The Hall–Kier alpha value is -0.720. The van der Waals surface area contributed by atoms with Gasteiger partial charge in [-0.15, -0.1) is 0 Å². The maximum Gasteiger partial charge on any atom is 0.00419 e. The van der Waals surface area contributed by atoms with E-state index in [1.54, 1.807) is 0 Å². The van der Waals surface area contributed by atoms with E-state index in [9.17, 15) is 0 Å². The van der Waals surface area contributed by atoms with Crippen molar-refractivity contribution in [3.63, 3.8) is 0 Å². The molecule has 0 aromatic rings. The molecule has 0 aromatic heterocycles. The van der Waals surface area contributed by atoms with Crippen LogP contribution >= 0.6 is 0 Å². The molecule has 0 fully saturated rings. The van der Waals surface area contributed by atoms with E-state index in [4.69, 9.17) is 0 Å². The van der Waals surface area contributed by atoms with Crippen molar-refractivity contribution in [1.29, 1.82) is 0 Å². The van der Waals surface area contributed by atoms with E-state index in [2.05, 4.69) is 11.9 Å². The Morgan fingerprint density at radius 1 is 1.44 bits per heavy atom. The highest BCUT2D eigenvalue weighted by molar-refractivity contribution is 4.91. The largest absolute Gasteiger partial charge is 0.366 e. The fourth-order valence-electron chi connectivity index (χ4n) is 0.226. The maximum atomic E-state index is 3.63. The van der Waals surface area contributed by atoms with Gasteiger partial charge in [-0.3, -0.25) is 0 Å². The van der Waals surface area contributed by atoms with Crippen LogP contribution in [0.3, 0.4) is 0 Å². The molecule has 0 aliphatic carbocycles. The van der Waals surface area contributed by atoms with Gasteiger partial charge in [-0.25, -0.2) is 0 Å². The molecular weight excluding hydrogens is 110 g/mol. The van der Waals surface area contributed by atoms with Gasteiger partial charge in [0, 0.05) is 5.70 Å². The Bertz CT molecular complexity index is 82.6. The topological polar surface area (TPSA) is 12.0 Å². The van der Waals surface area contributed by atoms with Crippen LogP contribution in [0, 0.1) is 0 Å². The normalized spacial score (nSPS) is 8.00. The molecule has 0 bridgehead atoms. The Labute approximate surface area is 58.5 Å². The quantitative estimate of drug-likeness (QED) is 0.601. The third kappa shape index (κ3) is 18.9. The zero-order valence-corrected chi connectivity index (χ0v) is 6.86. The lowest BCUT2D eigenvalue weighted by Gasteiger charge is -1.91. The lowest BCUT2D eigenvalue weighted by molar-refractivity contribution is 1.07. The van der Waals surface area contributed by atoms with E-state index < -0.39 is 0 Å². The van der Waals surface area contributed by atoms with Gasteiger partial charge < -0.3 is 5.32 Å². The maximum absolute atomic E-state index is 3.63. The zero-order chi connectivity index (χ0) is 7.70. The van der Waals surface area contributed by atoms with Crippen molar-refractivity contribution >= 4 is 0 Å². The molecule has 0 unspecified atom stereocenters. The summed E-state index contributed by atoms with van der Waals surface area (Å²) in [6, 6.07) is 0. The van der Waals surface area contributed by atoms with Gasteiger partial charge in [-0.1, -0.05) is 26.5 Å². The molecule has 1 heteroatoms. The van der Waals surface area contributed by atoms with Crippen LogP contribution in [0.1, 0.15) is 27.7 Å². The van der Waals surface area contributed by atoms with Crippen LogP contribution < -0.4 is 5.32 Å². The minimum absolute atomic E-state index is 0.970. The smallest absolute Gasteiger partial charge is 0.00419 e. The van der Waals surface area contributed by atoms with Gasteiger partial charge in [0.05, 0.1) is 0 Å². The highest BCUT2D eigenvalue weighted by Gasteiger charge is 1.68. The van der Waals surface area contributed by atoms with Crippen molar-refractivity contribution in [2.45, 2.75) is 27.7 Å². The SMILES string of the molecule is C=C(C)N/C=C\C.CC. The van der Waals surface area contributed by atoms with Gasteiger partial charge in [0.15, 0.2) is 0 Å². The van der Waals surface area contributed by atoms with E-state index in [1.807, 2.05) is 40.0 Å². The predicted octanol–water partition coefficient (Wildman–Crippen LogP) is 2.67. The Balaban J connectivity index is 0. The van der Waals surface area contributed by atoms with Gasteiger partial charge >= 0.3 is 0 Å². The predicted molar refractivity (Wildman–Crippen MR) is 44.1 cm³/mol. The standard InChI is InChI=1S/C6H11N.C2H6/c1-4-5-7-6(2)3;1-2/h4-5,7H,2H2,1,3H3;1-2H3/b5-4-;. The average Bonchev–Trinajstić information content (AvgIpc) is 1.88. The van der Waals surface area contributed by atoms with Gasteiger partial charge in [0.2, 0.25) is 0 Å². The van der Waals surface area contributed by atoms with E-state index in [1.165, 1.54) is 0 Å². The first kappa shape index (κ1) is 11.1. The molecule has 9 heavy (non-hydrogen) atoms. The average molecular weight is 127 g/mol. The third-order valence-electron chi connectivity index (χ3n) is 0.496. The molecule has 1 N–H and O–H groups in total. The Morgan fingerprint density at radius 2 is 1.89 bits per heavy atom. The van der Waals surface area contributed by atoms with E-state index in [0.717, 1.165) is 5.70 Å². The minimum Gasteiger partial charge on any atom is -0.366 e. The molecule has 0 rings (SSSR count). The summed E-state index contributed by atoms with van der Waals surface area (Å²) in [6.07, 6.45) is 3.77. The van der Waals surface area contributed by atoms with Crippen LogP contribution in [0.15, 0.2) is 24.6 Å². The molecule has 0 saturated carbocycles. The minimum atomic E-state index is 0.970. The van der Waals surface area contributed by atoms with Crippen molar-refractivity contribution in [1.82, 2.24) is 5.32 Å². The molecule has 0 atom stereocenters. The lowest BCUT2D eigenvalue weighted by atomic mass is 10.5. The number of nitrogens with one attached hydrogen (secondary N) is 1. The lowest BCUT2D eigenvalue weighted by Crippen LogP contribution is -1.97. The first-order valence-corrected chi connectivity index (χ1v) is 3.30. The number of hydrogen-bond acceptors (Lipinski definition) is 1. The van der Waals surface area contributed by atoms with Gasteiger partial charge in [-0.2, -0.15) is 0 Å². The summed E-state index contributed by atoms with van der Waals surface area (Å²) in [6.45, 7) is 11.5. The van der Waals surface area contributed by atoms with Crippen molar-refractivity contribution in [2.75, 3.05) is 0 Å². The summed E-state index contributed by atoms with van der Waals surface area (Å²) in [5.41, 5.74) is 0.970. The second-order valence-corrected chi connectivity index (χ2v) is 1.42. The Kier molecular flexibility index (Phi) is 12.7. The van der Waals surface area contributed by atoms with Crippen molar-refractivity contribution in [3.8, 4) is 0 Å². The summed E-state index contributed by atoms with van der Waals surface area (Å²) in [7, 11) is 0. The van der Waals surface area contributed by atoms with Crippen molar-refractivity contribution in [2.24, 2.45) is 0 Å². The fraction of sp³-hybridized carbons (Fsp3) is 0.500. The molecule has 0 saturated heterocycles. The molecule has 0 aliphatic heterocycles.